The Morgan fingerprint density at radius 3 is 0.938 bits per heavy atom. The minimum absolute atomic E-state index is 0.181. The Balaban J connectivity index is -0.000000411. The fourth-order valence-electron chi connectivity index (χ4n) is 0.560. The minimum atomic E-state index is -6.30. The van der Waals surface area contributed by atoms with E-state index in [1.165, 1.54) is 0 Å². The lowest BCUT2D eigenvalue weighted by atomic mass is 10.6. The predicted octanol–water partition coefficient (Wildman–Crippen LogP) is -0.887. The summed E-state index contributed by atoms with van der Waals surface area (Å²) in [5.41, 5.74) is -5.96. The van der Waals surface area contributed by atoms with Gasteiger partial charge in [0.15, 0.2) is 0 Å². The molecular weight excluding hydrogens is 566 g/mol. The average Bonchev–Trinajstić information content (AvgIpc) is 2.26. The van der Waals surface area contributed by atoms with Crippen LogP contribution in [0.3, 0.4) is 0 Å². The van der Waals surface area contributed by atoms with E-state index < -0.39 is 60.6 Å². The average molecular weight is 573 g/mol. The van der Waals surface area contributed by atoms with Gasteiger partial charge in [-0.3, -0.25) is 4.79 Å². The highest BCUT2D eigenvalue weighted by atomic mass is 32.2. The SMILES string of the molecule is NS(=O)(=O)NC(F)(F)F.NS(=O)(=O)NC(F)(F)F.O=C(NS(=O)(=O)C(F)(F)F)C(F)(F)F. The van der Waals surface area contributed by atoms with Gasteiger partial charge in [0.2, 0.25) is 0 Å². The van der Waals surface area contributed by atoms with Crippen LogP contribution >= 0.6 is 0 Å². The summed E-state index contributed by atoms with van der Waals surface area (Å²) >= 11 is 0. The first kappa shape index (κ1) is 34.9. The van der Waals surface area contributed by atoms with Crippen molar-refractivity contribution in [1.29, 1.82) is 0 Å². The standard InChI is InChI=1S/C3HF6NO3S.2CH3F3N2O2S/c4-2(5,6)1(11)10-14(12,13)3(7,8)9;2*2-1(3,4)6-9(5,7)8/h(H,10,11);2*6H,(H2,5,7,8). The van der Waals surface area contributed by atoms with Crippen LogP contribution in [0.4, 0.5) is 52.7 Å². The van der Waals surface area contributed by atoms with Gasteiger partial charge in [-0.2, -0.15) is 77.9 Å². The largest absolute Gasteiger partial charge is 0.516 e. The fourth-order valence-corrected chi connectivity index (χ4v) is 1.68. The van der Waals surface area contributed by atoms with Crippen molar-refractivity contribution in [3.8, 4) is 0 Å². The maximum atomic E-state index is 11.4. The Labute approximate surface area is 168 Å². The third kappa shape index (κ3) is 23.0. The second-order valence-electron chi connectivity index (χ2n) is 4.17. The van der Waals surface area contributed by atoms with Crippen molar-refractivity contribution >= 4 is 36.3 Å². The van der Waals surface area contributed by atoms with Crippen LogP contribution < -0.4 is 24.4 Å². The highest BCUT2D eigenvalue weighted by Gasteiger charge is 2.51. The Morgan fingerprint density at radius 2 is 0.844 bits per heavy atom. The molecular formula is C5H7F12N5O7S3. The van der Waals surface area contributed by atoms with Gasteiger partial charge in [0.1, 0.15) is 0 Å². The van der Waals surface area contributed by atoms with Gasteiger partial charge >= 0.3 is 40.2 Å². The first-order valence-electron chi connectivity index (χ1n) is 5.76. The normalized spacial score (nSPS) is 13.8. The molecule has 0 unspecified atom stereocenters. The van der Waals surface area contributed by atoms with E-state index >= 15 is 0 Å². The van der Waals surface area contributed by atoms with E-state index in [0.29, 0.717) is 0 Å². The summed E-state index contributed by atoms with van der Waals surface area (Å²) < 4.78 is 193. The Kier molecular flexibility index (Phi) is 12.0. The monoisotopic (exact) mass is 573 g/mol. The van der Waals surface area contributed by atoms with Gasteiger partial charge in [0, 0.05) is 0 Å². The van der Waals surface area contributed by atoms with Crippen molar-refractivity contribution in [2.75, 3.05) is 0 Å². The maximum Gasteiger partial charge on any atom is 0.516 e. The molecule has 0 spiro atoms. The van der Waals surface area contributed by atoms with Crippen LogP contribution in [0.25, 0.3) is 0 Å². The number of hydrogen-bond acceptors (Lipinski definition) is 7. The van der Waals surface area contributed by atoms with Gasteiger partial charge in [-0.1, -0.05) is 0 Å². The van der Waals surface area contributed by atoms with E-state index in [9.17, 15) is 82.7 Å². The predicted molar refractivity (Wildman–Crippen MR) is 73.8 cm³/mol. The van der Waals surface area contributed by atoms with Gasteiger partial charge < -0.3 is 0 Å². The fraction of sp³-hybridized carbons (Fsp3) is 0.800. The first-order valence-corrected chi connectivity index (χ1v) is 10.3. The topological polar surface area (TPSA) is 208 Å². The molecule has 0 saturated heterocycles. The molecule has 0 aromatic heterocycles. The Morgan fingerprint density at radius 1 is 0.594 bits per heavy atom. The smallest absolute Gasteiger partial charge is 0.263 e. The molecule has 0 aliphatic heterocycles. The zero-order valence-corrected chi connectivity index (χ0v) is 16.2. The summed E-state index contributed by atoms with van der Waals surface area (Å²) in [7, 11) is -15.6. The maximum absolute atomic E-state index is 11.4. The van der Waals surface area contributed by atoms with Crippen molar-refractivity contribution in [2.24, 2.45) is 10.3 Å². The number of halogens is 12. The lowest BCUT2D eigenvalue weighted by molar-refractivity contribution is -0.171. The van der Waals surface area contributed by atoms with E-state index in [4.69, 9.17) is 0 Å². The third-order valence-corrected chi connectivity index (χ3v) is 3.40. The molecule has 32 heavy (non-hydrogen) atoms. The van der Waals surface area contributed by atoms with E-state index in [1.54, 1.807) is 0 Å². The molecule has 0 aromatic carbocycles. The number of sulfonamides is 1. The molecule has 0 saturated carbocycles. The van der Waals surface area contributed by atoms with Gasteiger partial charge in [0.05, 0.1) is 0 Å². The molecule has 1 amide bonds. The molecule has 196 valence electrons. The van der Waals surface area contributed by atoms with E-state index in [0.717, 1.165) is 0 Å². The summed E-state index contributed by atoms with van der Waals surface area (Å²) in [6.45, 7) is 0. The number of carbonyl (C=O) groups is 1. The number of carbonyl (C=O) groups excluding carboxylic acids is 1. The zero-order chi connectivity index (χ0) is 27.2. The van der Waals surface area contributed by atoms with Crippen LogP contribution in [0.5, 0.6) is 0 Å². The molecule has 0 aliphatic carbocycles. The molecule has 0 rings (SSSR count). The van der Waals surface area contributed by atoms with Crippen LogP contribution in [0.2, 0.25) is 0 Å². The molecule has 0 heterocycles. The second-order valence-corrected chi connectivity index (χ2v) is 8.43. The summed E-state index contributed by atoms with van der Waals surface area (Å²) in [5, 5.41) is 7.93. The minimum Gasteiger partial charge on any atom is -0.263 e. The third-order valence-electron chi connectivity index (χ3n) is 1.31. The number of rotatable bonds is 3. The molecule has 0 aromatic rings. The summed E-state index contributed by atoms with van der Waals surface area (Å²) in [6.07, 6.45) is -15.7. The Hall–Kier alpha value is -1.68. The Bertz CT molecular complexity index is 886. The van der Waals surface area contributed by atoms with Crippen LogP contribution in [0.1, 0.15) is 0 Å². The lowest BCUT2D eigenvalue weighted by Gasteiger charge is -2.10. The van der Waals surface area contributed by atoms with E-state index in [1.807, 2.05) is 0 Å². The van der Waals surface area contributed by atoms with Gasteiger partial charge in [-0.15, -0.1) is 9.44 Å². The summed E-state index contributed by atoms with van der Waals surface area (Å²) in [5.74, 6) is -3.20. The molecule has 12 nitrogen and oxygen atoms in total. The number of alkyl halides is 12. The number of nitrogens with one attached hydrogen (secondary N) is 3. The van der Waals surface area contributed by atoms with Gasteiger partial charge in [-0.25, -0.2) is 15.0 Å². The van der Waals surface area contributed by atoms with Crippen molar-refractivity contribution in [1.82, 2.24) is 14.2 Å². The number of amides is 1. The molecule has 0 radical (unpaired) electrons. The van der Waals surface area contributed by atoms with Crippen molar-refractivity contribution in [2.45, 2.75) is 24.3 Å². The van der Waals surface area contributed by atoms with E-state index in [-0.39, 0.29) is 14.2 Å². The lowest BCUT2D eigenvalue weighted by Crippen LogP contribution is -2.46. The molecule has 7 N–H and O–H groups in total. The molecule has 0 aliphatic rings. The number of nitrogens with two attached hydrogens (primary N) is 2. The number of hydrogen-bond donors (Lipinski definition) is 5. The van der Waals surface area contributed by atoms with Crippen molar-refractivity contribution in [3.63, 3.8) is 0 Å². The van der Waals surface area contributed by atoms with Gasteiger partial charge in [0.25, 0.3) is 20.4 Å². The van der Waals surface area contributed by atoms with Crippen LogP contribution in [0, 0.1) is 0 Å². The second kappa shape index (κ2) is 11.0. The quantitative estimate of drug-likeness (QED) is 0.212. The van der Waals surface area contributed by atoms with Crippen LogP contribution in [-0.2, 0) is 35.2 Å². The van der Waals surface area contributed by atoms with E-state index in [2.05, 4.69) is 10.3 Å². The highest BCUT2D eigenvalue weighted by molar-refractivity contribution is 7.90. The summed E-state index contributed by atoms with van der Waals surface area (Å²) in [6, 6.07) is 0. The van der Waals surface area contributed by atoms with Crippen molar-refractivity contribution < 1.29 is 82.7 Å². The first-order chi connectivity index (χ1) is 13.3. The van der Waals surface area contributed by atoms with Crippen LogP contribution in [0.15, 0.2) is 0 Å². The van der Waals surface area contributed by atoms with Crippen molar-refractivity contribution in [3.05, 3.63) is 0 Å². The van der Waals surface area contributed by atoms with Gasteiger partial charge in [-0.05, 0) is 0 Å². The molecule has 0 atom stereocenters. The summed E-state index contributed by atoms with van der Waals surface area (Å²) in [4.78, 5) is 9.81. The molecule has 0 fully saturated rings. The zero-order valence-electron chi connectivity index (χ0n) is 13.8. The van der Waals surface area contributed by atoms with Crippen LogP contribution in [-0.4, -0.2) is 55.4 Å². The molecule has 0 bridgehead atoms. The molecule has 27 heteroatoms. The highest BCUT2D eigenvalue weighted by Crippen LogP contribution is 2.23.